The predicted molar refractivity (Wildman–Crippen MR) is 91.3 cm³/mol. The molecule has 0 heterocycles. The Balaban J connectivity index is 1.90. The Morgan fingerprint density at radius 1 is 1.14 bits per heavy atom. The number of carbonyl (C=O) groups excluding carboxylic acids is 1. The molecule has 1 aromatic rings. The lowest BCUT2D eigenvalue weighted by Gasteiger charge is -2.29. The standard InChI is InChI=1S/C18H27O3Si/c1-13-6-11-17(14(2)12-13)20-21-18(19)15-7-9-16(10-8-15)22(3,4)5/h7-10,13-14H,6,11-12H2,1-5H3. The van der Waals surface area contributed by atoms with Crippen LogP contribution in [0.5, 0.6) is 0 Å². The van der Waals surface area contributed by atoms with Crippen LogP contribution in [0.15, 0.2) is 24.3 Å². The average molecular weight is 319 g/mol. The summed E-state index contributed by atoms with van der Waals surface area (Å²) in [4.78, 5) is 22.4. The zero-order chi connectivity index (χ0) is 16.3. The number of hydrogen-bond acceptors (Lipinski definition) is 3. The summed E-state index contributed by atoms with van der Waals surface area (Å²) in [6.45, 7) is 11.2. The maximum atomic E-state index is 12.1. The molecule has 2 rings (SSSR count). The fourth-order valence-electron chi connectivity index (χ4n) is 2.86. The zero-order valence-corrected chi connectivity index (χ0v) is 15.3. The zero-order valence-electron chi connectivity index (χ0n) is 14.3. The molecule has 1 aromatic carbocycles. The molecule has 4 heteroatoms. The van der Waals surface area contributed by atoms with Crippen molar-refractivity contribution in [3.8, 4) is 0 Å². The van der Waals surface area contributed by atoms with Gasteiger partial charge >= 0.3 is 5.97 Å². The third-order valence-corrected chi connectivity index (χ3v) is 6.47. The van der Waals surface area contributed by atoms with Crippen molar-refractivity contribution in [1.82, 2.24) is 0 Å². The molecule has 1 saturated carbocycles. The van der Waals surface area contributed by atoms with Crippen LogP contribution in [-0.2, 0) is 9.78 Å². The van der Waals surface area contributed by atoms with Crippen molar-refractivity contribution in [3.05, 3.63) is 35.9 Å². The second-order valence-corrected chi connectivity index (χ2v) is 12.6. The summed E-state index contributed by atoms with van der Waals surface area (Å²) in [5.74, 6) is 0.651. The fourth-order valence-corrected chi connectivity index (χ4v) is 4.02. The number of rotatable bonds is 4. The molecule has 2 unspecified atom stereocenters. The van der Waals surface area contributed by atoms with Crippen LogP contribution in [0.3, 0.4) is 0 Å². The molecule has 0 spiro atoms. The van der Waals surface area contributed by atoms with E-state index in [4.69, 9.17) is 9.78 Å². The Kier molecular flexibility index (Phi) is 5.45. The van der Waals surface area contributed by atoms with Crippen molar-refractivity contribution in [3.63, 3.8) is 0 Å². The van der Waals surface area contributed by atoms with Gasteiger partial charge in [0.15, 0.2) is 6.10 Å². The third kappa shape index (κ3) is 4.43. The highest BCUT2D eigenvalue weighted by molar-refractivity contribution is 6.88. The van der Waals surface area contributed by atoms with Crippen LogP contribution in [0, 0.1) is 17.9 Å². The first-order chi connectivity index (χ1) is 10.3. The molecule has 0 bridgehead atoms. The van der Waals surface area contributed by atoms with E-state index in [1.54, 1.807) is 0 Å². The highest BCUT2D eigenvalue weighted by Crippen LogP contribution is 2.35. The van der Waals surface area contributed by atoms with Gasteiger partial charge in [0.2, 0.25) is 0 Å². The van der Waals surface area contributed by atoms with Gasteiger partial charge in [-0.05, 0) is 43.2 Å². The molecule has 3 nitrogen and oxygen atoms in total. The maximum absolute atomic E-state index is 12.1. The molecule has 1 radical (unpaired) electrons. The van der Waals surface area contributed by atoms with Gasteiger partial charge in [-0.1, -0.05) is 50.8 Å². The van der Waals surface area contributed by atoms with Gasteiger partial charge in [-0.3, -0.25) is 4.89 Å². The Morgan fingerprint density at radius 2 is 1.77 bits per heavy atom. The van der Waals surface area contributed by atoms with Crippen LogP contribution in [-0.4, -0.2) is 14.0 Å². The monoisotopic (exact) mass is 319 g/mol. The number of benzene rings is 1. The van der Waals surface area contributed by atoms with Gasteiger partial charge in [0, 0.05) is 0 Å². The summed E-state index contributed by atoms with van der Waals surface area (Å²) in [6, 6.07) is 7.72. The minimum Gasteiger partial charge on any atom is -0.292 e. The summed E-state index contributed by atoms with van der Waals surface area (Å²) in [6.07, 6.45) is 3.97. The average Bonchev–Trinajstić information content (AvgIpc) is 2.45. The van der Waals surface area contributed by atoms with Gasteiger partial charge < -0.3 is 0 Å². The van der Waals surface area contributed by atoms with E-state index in [0.29, 0.717) is 17.4 Å². The lowest BCUT2D eigenvalue weighted by Crippen LogP contribution is -2.37. The van der Waals surface area contributed by atoms with Gasteiger partial charge in [0.05, 0.1) is 13.6 Å². The van der Waals surface area contributed by atoms with Crippen molar-refractivity contribution in [1.29, 1.82) is 0 Å². The number of carbonyl (C=O) groups is 1. The van der Waals surface area contributed by atoms with Crippen LogP contribution < -0.4 is 5.19 Å². The fraction of sp³-hybridized carbons (Fsp3) is 0.556. The smallest absolute Gasteiger partial charge is 0.292 e. The SMILES string of the molecule is CC1CC[C](OOC(=O)c2ccc([Si](C)(C)C)cc2)C(C)C1. The van der Waals surface area contributed by atoms with Gasteiger partial charge in [-0.2, -0.15) is 4.89 Å². The Hall–Kier alpha value is -1.13. The van der Waals surface area contributed by atoms with E-state index < -0.39 is 14.0 Å². The topological polar surface area (TPSA) is 35.5 Å². The first-order valence-corrected chi connectivity index (χ1v) is 11.6. The predicted octanol–water partition coefficient (Wildman–Crippen LogP) is 4.31. The highest BCUT2D eigenvalue weighted by atomic mass is 28.3. The van der Waals surface area contributed by atoms with E-state index in [9.17, 15) is 4.79 Å². The molecular weight excluding hydrogens is 292 g/mol. The van der Waals surface area contributed by atoms with Gasteiger partial charge in [0.1, 0.15) is 0 Å². The van der Waals surface area contributed by atoms with E-state index in [1.807, 2.05) is 24.3 Å². The first kappa shape index (κ1) is 17.2. The molecule has 0 saturated heterocycles. The summed E-state index contributed by atoms with van der Waals surface area (Å²) in [7, 11) is -1.34. The minimum absolute atomic E-state index is 0.353. The summed E-state index contributed by atoms with van der Waals surface area (Å²) in [5.41, 5.74) is 0.541. The van der Waals surface area contributed by atoms with E-state index in [1.165, 1.54) is 5.19 Å². The van der Waals surface area contributed by atoms with Crippen molar-refractivity contribution >= 4 is 19.2 Å². The molecule has 0 aliphatic heterocycles. The second-order valence-electron chi connectivity index (χ2n) is 7.53. The maximum Gasteiger partial charge on any atom is 0.373 e. The van der Waals surface area contributed by atoms with E-state index >= 15 is 0 Å². The van der Waals surface area contributed by atoms with Crippen molar-refractivity contribution in [2.75, 3.05) is 0 Å². The van der Waals surface area contributed by atoms with Crippen molar-refractivity contribution in [2.45, 2.75) is 52.8 Å². The summed E-state index contributed by atoms with van der Waals surface area (Å²) < 4.78 is 0. The molecule has 0 amide bonds. The molecule has 22 heavy (non-hydrogen) atoms. The molecule has 1 aliphatic rings. The van der Waals surface area contributed by atoms with Crippen LogP contribution in [0.25, 0.3) is 0 Å². The molecule has 1 fully saturated rings. The number of hydrogen-bond donors (Lipinski definition) is 0. The van der Waals surface area contributed by atoms with Crippen LogP contribution in [0.2, 0.25) is 19.6 Å². The molecule has 0 N–H and O–H groups in total. The molecule has 121 valence electrons. The minimum atomic E-state index is -1.34. The van der Waals surface area contributed by atoms with Gasteiger partial charge in [-0.15, -0.1) is 0 Å². The van der Waals surface area contributed by atoms with Crippen molar-refractivity contribution in [2.24, 2.45) is 11.8 Å². The normalized spacial score (nSPS) is 23.3. The lowest BCUT2D eigenvalue weighted by molar-refractivity contribution is -0.247. The van der Waals surface area contributed by atoms with E-state index in [0.717, 1.165) is 25.4 Å². The Bertz CT molecular complexity index is 504. The lowest BCUT2D eigenvalue weighted by atomic mass is 9.81. The summed E-state index contributed by atoms with van der Waals surface area (Å²) >= 11 is 0. The molecule has 0 aromatic heterocycles. The second kappa shape index (κ2) is 6.96. The molecule has 1 aliphatic carbocycles. The largest absolute Gasteiger partial charge is 0.373 e. The summed E-state index contributed by atoms with van der Waals surface area (Å²) in [5, 5.41) is 1.33. The quantitative estimate of drug-likeness (QED) is 0.471. The molecule has 2 atom stereocenters. The van der Waals surface area contributed by atoms with Crippen molar-refractivity contribution < 1.29 is 14.6 Å². The van der Waals surface area contributed by atoms with Crippen LogP contribution in [0.4, 0.5) is 0 Å². The first-order valence-electron chi connectivity index (χ1n) is 8.12. The molecular formula is C18H27O3Si. The van der Waals surface area contributed by atoms with Gasteiger partial charge in [0.25, 0.3) is 0 Å². The third-order valence-electron chi connectivity index (χ3n) is 4.40. The Labute approximate surface area is 135 Å². The van der Waals surface area contributed by atoms with E-state index in [-0.39, 0.29) is 0 Å². The van der Waals surface area contributed by atoms with E-state index in [2.05, 4.69) is 33.5 Å². The van der Waals surface area contributed by atoms with Crippen LogP contribution in [0.1, 0.15) is 43.5 Å². The van der Waals surface area contributed by atoms with Gasteiger partial charge in [-0.25, -0.2) is 4.79 Å². The highest BCUT2D eigenvalue weighted by Gasteiger charge is 2.29. The van der Waals surface area contributed by atoms with Crippen LogP contribution >= 0.6 is 0 Å². The Morgan fingerprint density at radius 3 is 2.32 bits per heavy atom.